The molecule has 1 aliphatic rings. The predicted molar refractivity (Wildman–Crippen MR) is 93.2 cm³/mol. The van der Waals surface area contributed by atoms with Crippen molar-refractivity contribution in [2.75, 3.05) is 32.4 Å². The summed E-state index contributed by atoms with van der Waals surface area (Å²) >= 11 is 6.50. The summed E-state index contributed by atoms with van der Waals surface area (Å²) in [6, 6.07) is 7.97. The van der Waals surface area contributed by atoms with E-state index in [9.17, 15) is 8.42 Å². The highest BCUT2D eigenvalue weighted by molar-refractivity contribution is 7.88. The summed E-state index contributed by atoms with van der Waals surface area (Å²) in [5.74, 6) is 0. The number of aryl methyl sites for hydroxylation is 1. The molecule has 3 rings (SSSR count). The maximum Gasteiger partial charge on any atom is 0.211 e. The Kier molecular flexibility index (Phi) is 4.60. The quantitative estimate of drug-likeness (QED) is 0.849. The van der Waals surface area contributed by atoms with Crippen LogP contribution in [0, 0.1) is 6.92 Å². The Morgan fingerprint density at radius 2 is 1.83 bits per heavy atom. The van der Waals surface area contributed by atoms with Crippen LogP contribution in [0.25, 0.3) is 10.9 Å². The zero-order valence-electron chi connectivity index (χ0n) is 13.3. The number of fused-ring (bicyclic) bond motifs is 1. The van der Waals surface area contributed by atoms with Crippen LogP contribution in [0.1, 0.15) is 11.3 Å². The van der Waals surface area contributed by atoms with Crippen LogP contribution in [0.4, 0.5) is 0 Å². The summed E-state index contributed by atoms with van der Waals surface area (Å²) in [7, 11) is -3.10. The molecule has 1 aromatic carbocycles. The van der Waals surface area contributed by atoms with Gasteiger partial charge in [0.05, 0.1) is 22.5 Å². The van der Waals surface area contributed by atoms with Crippen LogP contribution >= 0.6 is 11.6 Å². The Morgan fingerprint density at radius 3 is 2.48 bits per heavy atom. The number of nitrogens with zero attached hydrogens (tertiary/aromatic N) is 3. The minimum Gasteiger partial charge on any atom is -0.295 e. The molecule has 0 radical (unpaired) electrons. The molecule has 0 atom stereocenters. The normalized spacial score (nSPS) is 17.7. The molecule has 1 fully saturated rings. The van der Waals surface area contributed by atoms with Crippen LogP contribution in [-0.2, 0) is 16.6 Å². The summed E-state index contributed by atoms with van der Waals surface area (Å²) < 4.78 is 24.7. The third kappa shape index (κ3) is 3.50. The highest BCUT2D eigenvalue weighted by Gasteiger charge is 2.24. The second-order valence-corrected chi connectivity index (χ2v) is 8.31. The molecule has 2 heterocycles. The third-order valence-electron chi connectivity index (χ3n) is 4.32. The minimum absolute atomic E-state index is 0.517. The van der Waals surface area contributed by atoms with E-state index in [1.807, 2.05) is 31.2 Å². The van der Waals surface area contributed by atoms with E-state index >= 15 is 0 Å². The van der Waals surface area contributed by atoms with Gasteiger partial charge in [0.15, 0.2) is 0 Å². The monoisotopic (exact) mass is 353 g/mol. The van der Waals surface area contributed by atoms with Gasteiger partial charge >= 0.3 is 0 Å². The molecule has 0 saturated carbocycles. The van der Waals surface area contributed by atoms with E-state index < -0.39 is 10.0 Å². The zero-order valence-corrected chi connectivity index (χ0v) is 14.9. The van der Waals surface area contributed by atoms with Crippen molar-refractivity contribution in [2.24, 2.45) is 0 Å². The van der Waals surface area contributed by atoms with Gasteiger partial charge in [0.1, 0.15) is 0 Å². The van der Waals surface area contributed by atoms with Crippen LogP contribution in [0.15, 0.2) is 24.3 Å². The number of sulfonamides is 1. The molecule has 7 heteroatoms. The second-order valence-electron chi connectivity index (χ2n) is 5.95. The molecule has 0 N–H and O–H groups in total. The van der Waals surface area contributed by atoms with Crippen molar-refractivity contribution in [3.63, 3.8) is 0 Å². The molecule has 124 valence electrons. The average Bonchev–Trinajstić information content (AvgIpc) is 2.52. The van der Waals surface area contributed by atoms with Gasteiger partial charge in [0.2, 0.25) is 10.0 Å². The fourth-order valence-corrected chi connectivity index (χ4v) is 3.98. The molecule has 5 nitrogen and oxygen atoms in total. The number of hydrogen-bond donors (Lipinski definition) is 0. The van der Waals surface area contributed by atoms with Crippen LogP contribution in [0.3, 0.4) is 0 Å². The molecule has 1 saturated heterocycles. The Bertz CT molecular complexity index is 831. The Labute approximate surface area is 141 Å². The van der Waals surface area contributed by atoms with Crippen molar-refractivity contribution < 1.29 is 8.42 Å². The third-order valence-corrected chi connectivity index (χ3v) is 6.12. The summed E-state index contributed by atoms with van der Waals surface area (Å²) in [4.78, 5) is 6.89. The smallest absolute Gasteiger partial charge is 0.211 e. The second kappa shape index (κ2) is 6.36. The van der Waals surface area contributed by atoms with Gasteiger partial charge in [-0.05, 0) is 18.6 Å². The maximum absolute atomic E-state index is 11.6. The lowest BCUT2D eigenvalue weighted by atomic mass is 10.1. The number of rotatable bonds is 3. The molecule has 23 heavy (non-hydrogen) atoms. The molecule has 0 aliphatic carbocycles. The van der Waals surface area contributed by atoms with Gasteiger partial charge in [0.25, 0.3) is 0 Å². The van der Waals surface area contributed by atoms with Gasteiger partial charge in [-0.25, -0.2) is 13.4 Å². The van der Waals surface area contributed by atoms with Gasteiger partial charge in [-0.3, -0.25) is 4.90 Å². The first-order valence-corrected chi connectivity index (χ1v) is 9.80. The zero-order chi connectivity index (χ0) is 16.6. The highest BCUT2D eigenvalue weighted by Crippen LogP contribution is 2.27. The number of benzene rings is 1. The summed E-state index contributed by atoms with van der Waals surface area (Å²) in [6.07, 6.45) is 1.26. The van der Waals surface area contributed by atoms with Gasteiger partial charge in [-0.2, -0.15) is 4.31 Å². The van der Waals surface area contributed by atoms with Crippen molar-refractivity contribution in [3.8, 4) is 0 Å². The van der Waals surface area contributed by atoms with Crippen LogP contribution in [0.5, 0.6) is 0 Å². The molecular formula is C16H20ClN3O2S. The number of para-hydroxylation sites is 1. The van der Waals surface area contributed by atoms with E-state index in [2.05, 4.69) is 4.90 Å². The minimum atomic E-state index is -3.10. The van der Waals surface area contributed by atoms with Crippen LogP contribution in [-0.4, -0.2) is 55.0 Å². The predicted octanol–water partition coefficient (Wildman–Crippen LogP) is 2.27. The molecule has 1 aromatic heterocycles. The average molecular weight is 354 g/mol. The first-order valence-electron chi connectivity index (χ1n) is 7.57. The fraction of sp³-hybridized carbons (Fsp3) is 0.438. The lowest BCUT2D eigenvalue weighted by Crippen LogP contribution is -2.47. The highest BCUT2D eigenvalue weighted by atomic mass is 35.5. The van der Waals surface area contributed by atoms with E-state index in [0.717, 1.165) is 22.2 Å². The summed E-state index contributed by atoms with van der Waals surface area (Å²) in [6.45, 7) is 5.07. The SMILES string of the molecule is Cc1c(Cl)c(CN2CCN(S(C)(=O)=O)CC2)nc2ccccc12. The molecule has 0 spiro atoms. The van der Waals surface area contributed by atoms with Gasteiger partial charge in [-0.1, -0.05) is 29.8 Å². The van der Waals surface area contributed by atoms with Gasteiger partial charge in [-0.15, -0.1) is 0 Å². The summed E-state index contributed by atoms with van der Waals surface area (Å²) in [5, 5.41) is 1.78. The standard InChI is InChI=1S/C16H20ClN3O2S/c1-12-13-5-3-4-6-14(13)18-15(16(12)17)11-19-7-9-20(10-8-19)23(2,21)22/h3-6H,7-11H2,1-2H3. The Hall–Kier alpha value is -1.21. The number of hydrogen-bond acceptors (Lipinski definition) is 4. The topological polar surface area (TPSA) is 53.5 Å². The van der Waals surface area contributed by atoms with E-state index in [1.54, 1.807) is 0 Å². The molecule has 0 unspecified atom stereocenters. The molecular weight excluding hydrogens is 334 g/mol. The number of halogens is 1. The van der Waals surface area contributed by atoms with E-state index in [4.69, 9.17) is 16.6 Å². The number of aromatic nitrogens is 1. The van der Waals surface area contributed by atoms with Crippen molar-refractivity contribution in [3.05, 3.63) is 40.5 Å². The van der Waals surface area contributed by atoms with E-state index in [1.165, 1.54) is 10.6 Å². The van der Waals surface area contributed by atoms with Crippen LogP contribution in [0.2, 0.25) is 5.02 Å². The first-order chi connectivity index (χ1) is 10.9. The molecule has 0 amide bonds. The van der Waals surface area contributed by atoms with E-state index in [0.29, 0.717) is 37.7 Å². The lowest BCUT2D eigenvalue weighted by molar-refractivity contribution is 0.180. The summed E-state index contributed by atoms with van der Waals surface area (Å²) in [5.41, 5.74) is 2.84. The van der Waals surface area contributed by atoms with Crippen molar-refractivity contribution in [1.29, 1.82) is 0 Å². The lowest BCUT2D eigenvalue weighted by Gasteiger charge is -2.33. The number of pyridine rings is 1. The Morgan fingerprint density at radius 1 is 1.17 bits per heavy atom. The molecule has 2 aromatic rings. The fourth-order valence-electron chi connectivity index (χ4n) is 2.95. The van der Waals surface area contributed by atoms with E-state index in [-0.39, 0.29) is 0 Å². The van der Waals surface area contributed by atoms with Gasteiger partial charge in [0, 0.05) is 38.1 Å². The van der Waals surface area contributed by atoms with Crippen LogP contribution < -0.4 is 0 Å². The van der Waals surface area contributed by atoms with Gasteiger partial charge < -0.3 is 0 Å². The maximum atomic E-state index is 11.6. The molecule has 0 bridgehead atoms. The molecule has 1 aliphatic heterocycles. The first kappa shape index (κ1) is 16.6. The van der Waals surface area contributed by atoms with Crippen molar-refractivity contribution >= 4 is 32.5 Å². The van der Waals surface area contributed by atoms with Crippen molar-refractivity contribution in [1.82, 2.24) is 14.2 Å². The number of piperazine rings is 1. The Balaban J connectivity index is 1.79. The van der Waals surface area contributed by atoms with Crippen molar-refractivity contribution in [2.45, 2.75) is 13.5 Å². The largest absolute Gasteiger partial charge is 0.295 e.